The highest BCUT2D eigenvalue weighted by molar-refractivity contribution is 5.89. The summed E-state index contributed by atoms with van der Waals surface area (Å²) in [6, 6.07) is 0. The Balaban J connectivity index is 2.10. The van der Waals surface area contributed by atoms with E-state index in [1.165, 1.54) is 10.6 Å². The number of carboxylic acids is 1. The predicted octanol–water partition coefficient (Wildman–Crippen LogP) is 1.52. The van der Waals surface area contributed by atoms with Crippen molar-refractivity contribution < 1.29 is 23.8 Å². The molecule has 0 radical (unpaired) electrons. The van der Waals surface area contributed by atoms with Gasteiger partial charge in [-0.3, -0.25) is 0 Å². The Hall–Kier alpha value is -2.15. The number of rotatable bonds is 4. The first-order valence-corrected chi connectivity index (χ1v) is 7.64. The van der Waals surface area contributed by atoms with Crippen molar-refractivity contribution in [1.82, 2.24) is 9.38 Å². The highest BCUT2D eigenvalue weighted by Crippen LogP contribution is 2.31. The van der Waals surface area contributed by atoms with Crippen LogP contribution in [0.1, 0.15) is 48.7 Å². The molecule has 6 nitrogen and oxygen atoms in total. The number of ether oxygens (including phenoxy) is 2. The monoisotopic (exact) mass is 321 g/mol. The highest BCUT2D eigenvalue weighted by Gasteiger charge is 2.23. The number of carbonyl (C=O) groups is 1. The van der Waals surface area contributed by atoms with Gasteiger partial charge in [-0.25, -0.2) is 4.98 Å². The number of carboxylic acid groups (broad SMARTS) is 1. The van der Waals surface area contributed by atoms with Crippen LogP contribution in [0.2, 0.25) is 0 Å². The normalized spacial score (nSPS) is 16.2. The molecule has 2 aromatic heterocycles. The minimum absolute atomic E-state index is 0.0622. The molecular weight excluding hydrogens is 303 g/mol. The molecule has 0 atom stereocenters. The van der Waals surface area contributed by atoms with Gasteiger partial charge in [0.2, 0.25) is 5.82 Å². The lowest BCUT2D eigenvalue weighted by Gasteiger charge is -2.19. The van der Waals surface area contributed by atoms with Gasteiger partial charge in [-0.05, 0) is 26.7 Å². The van der Waals surface area contributed by atoms with Gasteiger partial charge in [-0.15, -0.1) is 0 Å². The maximum Gasteiger partial charge on any atom is 0.208 e. The summed E-state index contributed by atoms with van der Waals surface area (Å²) >= 11 is 0. The van der Waals surface area contributed by atoms with E-state index in [2.05, 4.69) is 4.98 Å². The minimum Gasteiger partial charge on any atom is -0.545 e. The van der Waals surface area contributed by atoms with Gasteiger partial charge in [0.05, 0.1) is 23.3 Å². The van der Waals surface area contributed by atoms with Crippen molar-refractivity contribution in [2.24, 2.45) is 0 Å². The lowest BCUT2D eigenvalue weighted by Crippen LogP contribution is -2.25. The summed E-state index contributed by atoms with van der Waals surface area (Å²) in [6.07, 6.45) is 4.22. The van der Waals surface area contributed by atoms with Crippen LogP contribution in [0, 0.1) is 5.82 Å². The minimum atomic E-state index is -1.48. The van der Waals surface area contributed by atoms with Crippen molar-refractivity contribution in [2.75, 3.05) is 13.2 Å². The number of hydrogen-bond acceptors (Lipinski definition) is 5. The molecule has 3 heterocycles. The number of hydrogen-bond donors (Lipinski definition) is 0. The largest absolute Gasteiger partial charge is 0.545 e. The molecule has 0 spiro atoms. The molecule has 0 aromatic carbocycles. The van der Waals surface area contributed by atoms with E-state index in [9.17, 15) is 14.3 Å². The molecule has 3 rings (SSSR count). The maximum absolute atomic E-state index is 14.7. The van der Waals surface area contributed by atoms with Crippen LogP contribution in [0.25, 0.3) is 5.65 Å². The van der Waals surface area contributed by atoms with Crippen molar-refractivity contribution in [1.29, 1.82) is 0 Å². The lowest BCUT2D eigenvalue weighted by atomic mass is 9.97. The molecule has 1 aliphatic rings. The Kier molecular flexibility index (Phi) is 4.21. The summed E-state index contributed by atoms with van der Waals surface area (Å²) in [4.78, 5) is 15.6. The Bertz CT molecular complexity index is 735. The summed E-state index contributed by atoms with van der Waals surface area (Å²) in [5, 5.41) is 11.3. The van der Waals surface area contributed by atoms with Crippen molar-refractivity contribution in [3.05, 3.63) is 29.5 Å². The number of aromatic nitrogens is 2. The SMILES string of the molecule is CC(C)Oc1c(C(=O)[O-])cn2cc(C3CCOCC3)nc2c1F. The number of carbonyl (C=O) groups excluding carboxylic acids is 1. The number of aromatic carboxylic acids is 1. The van der Waals surface area contributed by atoms with E-state index in [0.717, 1.165) is 18.5 Å². The number of pyridine rings is 1. The van der Waals surface area contributed by atoms with E-state index in [-0.39, 0.29) is 29.0 Å². The molecule has 2 aromatic rings. The van der Waals surface area contributed by atoms with Crippen LogP contribution in [0.4, 0.5) is 4.39 Å². The highest BCUT2D eigenvalue weighted by atomic mass is 19.1. The zero-order chi connectivity index (χ0) is 16.6. The average Bonchev–Trinajstić information content (AvgIpc) is 2.94. The Morgan fingerprint density at radius 2 is 2.13 bits per heavy atom. The second-order valence-electron chi connectivity index (χ2n) is 5.92. The van der Waals surface area contributed by atoms with Crippen LogP contribution in [-0.4, -0.2) is 34.7 Å². The topological polar surface area (TPSA) is 75.9 Å². The van der Waals surface area contributed by atoms with E-state index in [4.69, 9.17) is 9.47 Å². The smallest absolute Gasteiger partial charge is 0.208 e. The standard InChI is InChI=1S/C16H19FN2O4/c1-9(2)23-14-11(16(20)21)7-19-8-12(18-15(19)13(14)17)10-3-5-22-6-4-10/h7-10H,3-6H2,1-2H3,(H,20,21)/p-1. The van der Waals surface area contributed by atoms with Gasteiger partial charge in [0, 0.05) is 31.5 Å². The first-order chi connectivity index (χ1) is 11.0. The summed E-state index contributed by atoms with van der Waals surface area (Å²) in [5.74, 6) is -2.40. The molecule has 0 amide bonds. The summed E-state index contributed by atoms with van der Waals surface area (Å²) in [5.41, 5.74) is 0.477. The molecule has 0 unspecified atom stereocenters. The molecule has 7 heteroatoms. The molecular formula is C16H18FN2O4-. The van der Waals surface area contributed by atoms with Crippen molar-refractivity contribution >= 4 is 11.6 Å². The molecule has 1 aliphatic heterocycles. The third-order valence-electron chi connectivity index (χ3n) is 3.87. The fourth-order valence-corrected chi connectivity index (χ4v) is 2.78. The van der Waals surface area contributed by atoms with Crippen LogP contribution in [0.5, 0.6) is 5.75 Å². The summed E-state index contributed by atoms with van der Waals surface area (Å²) in [6.45, 7) is 4.68. The third-order valence-corrected chi connectivity index (χ3v) is 3.87. The molecule has 0 N–H and O–H groups in total. The third kappa shape index (κ3) is 3.01. The van der Waals surface area contributed by atoms with E-state index in [1.54, 1.807) is 20.0 Å². The first kappa shape index (κ1) is 15.7. The maximum atomic E-state index is 14.7. The zero-order valence-corrected chi connectivity index (χ0v) is 13.0. The second kappa shape index (κ2) is 6.16. The quantitative estimate of drug-likeness (QED) is 0.853. The molecule has 1 saturated heterocycles. The summed E-state index contributed by atoms with van der Waals surface area (Å²) < 4.78 is 26.7. The van der Waals surface area contributed by atoms with E-state index in [0.29, 0.717) is 13.2 Å². The van der Waals surface area contributed by atoms with Crippen molar-refractivity contribution in [3.8, 4) is 5.75 Å². The second-order valence-corrected chi connectivity index (χ2v) is 5.92. The van der Waals surface area contributed by atoms with Crippen LogP contribution >= 0.6 is 0 Å². The number of halogens is 1. The van der Waals surface area contributed by atoms with Gasteiger partial charge in [0.25, 0.3) is 0 Å². The molecule has 124 valence electrons. The van der Waals surface area contributed by atoms with Crippen molar-refractivity contribution in [3.63, 3.8) is 0 Å². The Labute approximate surface area is 132 Å². The molecule has 1 fully saturated rings. The zero-order valence-electron chi connectivity index (χ0n) is 13.0. The summed E-state index contributed by atoms with van der Waals surface area (Å²) in [7, 11) is 0. The fourth-order valence-electron chi connectivity index (χ4n) is 2.78. The molecule has 23 heavy (non-hydrogen) atoms. The number of fused-ring (bicyclic) bond motifs is 1. The van der Waals surface area contributed by atoms with Crippen LogP contribution < -0.4 is 9.84 Å². The Morgan fingerprint density at radius 3 is 2.74 bits per heavy atom. The van der Waals surface area contributed by atoms with Gasteiger partial charge in [0.1, 0.15) is 0 Å². The Morgan fingerprint density at radius 1 is 1.43 bits per heavy atom. The first-order valence-electron chi connectivity index (χ1n) is 7.64. The fraction of sp³-hybridized carbons (Fsp3) is 0.500. The molecule has 0 aliphatic carbocycles. The van der Waals surface area contributed by atoms with Gasteiger partial charge in [-0.1, -0.05) is 0 Å². The van der Waals surface area contributed by atoms with E-state index < -0.39 is 11.8 Å². The van der Waals surface area contributed by atoms with E-state index >= 15 is 0 Å². The molecule has 0 bridgehead atoms. The van der Waals surface area contributed by atoms with Gasteiger partial charge in [-0.2, -0.15) is 4.39 Å². The number of nitrogens with zero attached hydrogens (tertiary/aromatic N) is 2. The van der Waals surface area contributed by atoms with Crippen LogP contribution in [-0.2, 0) is 4.74 Å². The predicted molar refractivity (Wildman–Crippen MR) is 78.0 cm³/mol. The van der Waals surface area contributed by atoms with Gasteiger partial charge in [0.15, 0.2) is 11.4 Å². The van der Waals surface area contributed by atoms with Crippen LogP contribution in [0.3, 0.4) is 0 Å². The van der Waals surface area contributed by atoms with Crippen LogP contribution in [0.15, 0.2) is 12.4 Å². The molecule has 0 saturated carbocycles. The lowest BCUT2D eigenvalue weighted by molar-refractivity contribution is -0.255. The average molecular weight is 321 g/mol. The van der Waals surface area contributed by atoms with Crippen molar-refractivity contribution in [2.45, 2.75) is 38.7 Å². The van der Waals surface area contributed by atoms with Gasteiger partial charge < -0.3 is 23.8 Å². The van der Waals surface area contributed by atoms with E-state index in [1.807, 2.05) is 0 Å². The number of imidazole rings is 1. The van der Waals surface area contributed by atoms with Gasteiger partial charge >= 0.3 is 0 Å².